The molecule has 2 aliphatic rings. The minimum Gasteiger partial charge on any atom is -0.317 e. The van der Waals surface area contributed by atoms with Crippen LogP contribution in [0.25, 0.3) is 0 Å². The minimum atomic E-state index is 0.587. The third-order valence-corrected chi connectivity index (χ3v) is 5.18. The Bertz CT molecular complexity index is 231. The van der Waals surface area contributed by atoms with Crippen molar-refractivity contribution >= 4 is 0 Å². The van der Waals surface area contributed by atoms with Crippen molar-refractivity contribution in [2.45, 2.75) is 52.9 Å². The standard InChI is InChI=1S/C15H30N2/c1-4-15(5-9-16-10-6-15)13-17-11-7-14(2,3)8-12-17/h16H,4-13H2,1-3H3. The van der Waals surface area contributed by atoms with Crippen molar-refractivity contribution in [2.24, 2.45) is 10.8 Å². The van der Waals surface area contributed by atoms with Crippen LogP contribution in [0.15, 0.2) is 0 Å². The number of likely N-dealkylation sites (tertiary alicyclic amines) is 1. The van der Waals surface area contributed by atoms with E-state index in [1.165, 1.54) is 64.8 Å². The van der Waals surface area contributed by atoms with E-state index < -0.39 is 0 Å². The maximum atomic E-state index is 3.51. The van der Waals surface area contributed by atoms with Crippen molar-refractivity contribution in [2.75, 3.05) is 32.7 Å². The summed E-state index contributed by atoms with van der Waals surface area (Å²) in [5.74, 6) is 0. The van der Waals surface area contributed by atoms with Crippen LogP contribution in [0.3, 0.4) is 0 Å². The van der Waals surface area contributed by atoms with Crippen LogP contribution in [-0.2, 0) is 0 Å². The van der Waals surface area contributed by atoms with Crippen molar-refractivity contribution in [1.29, 1.82) is 0 Å². The largest absolute Gasteiger partial charge is 0.317 e. The second-order valence-electron chi connectivity index (χ2n) is 7.04. The second-order valence-corrected chi connectivity index (χ2v) is 7.04. The normalized spacial score (nSPS) is 29.1. The Balaban J connectivity index is 1.87. The maximum absolute atomic E-state index is 3.51. The molecule has 2 saturated heterocycles. The maximum Gasteiger partial charge on any atom is 0.00388 e. The molecular formula is C15H30N2. The SMILES string of the molecule is CCC1(CN2CCC(C)(C)CC2)CCNCC1. The number of nitrogens with one attached hydrogen (secondary N) is 1. The van der Waals surface area contributed by atoms with Gasteiger partial charge in [0.25, 0.3) is 0 Å². The number of nitrogens with zero attached hydrogens (tertiary/aromatic N) is 1. The molecule has 2 nitrogen and oxygen atoms in total. The van der Waals surface area contributed by atoms with Crippen LogP contribution in [0.2, 0.25) is 0 Å². The van der Waals surface area contributed by atoms with E-state index >= 15 is 0 Å². The Labute approximate surface area is 107 Å². The molecule has 2 heteroatoms. The quantitative estimate of drug-likeness (QED) is 0.813. The van der Waals surface area contributed by atoms with E-state index in [-0.39, 0.29) is 0 Å². The summed E-state index contributed by atoms with van der Waals surface area (Å²) in [4.78, 5) is 2.74. The van der Waals surface area contributed by atoms with E-state index in [2.05, 4.69) is 31.0 Å². The lowest BCUT2D eigenvalue weighted by atomic mass is 9.75. The summed E-state index contributed by atoms with van der Waals surface area (Å²) in [5, 5.41) is 3.51. The van der Waals surface area contributed by atoms with Crippen LogP contribution in [-0.4, -0.2) is 37.6 Å². The minimum absolute atomic E-state index is 0.587. The molecule has 2 heterocycles. The van der Waals surface area contributed by atoms with Gasteiger partial charge in [-0.25, -0.2) is 0 Å². The van der Waals surface area contributed by atoms with Gasteiger partial charge in [-0.2, -0.15) is 0 Å². The molecular weight excluding hydrogens is 208 g/mol. The van der Waals surface area contributed by atoms with E-state index in [4.69, 9.17) is 0 Å². The molecule has 0 aromatic heterocycles. The summed E-state index contributed by atoms with van der Waals surface area (Å²) < 4.78 is 0. The zero-order valence-corrected chi connectivity index (χ0v) is 12.0. The molecule has 0 amide bonds. The average Bonchev–Trinajstić information content (AvgIpc) is 2.33. The van der Waals surface area contributed by atoms with Gasteiger partial charge in [0.1, 0.15) is 0 Å². The Morgan fingerprint density at radius 1 is 1.00 bits per heavy atom. The first-order valence-electron chi connectivity index (χ1n) is 7.48. The second kappa shape index (κ2) is 5.27. The Hall–Kier alpha value is -0.0800. The van der Waals surface area contributed by atoms with Gasteiger partial charge >= 0.3 is 0 Å². The monoisotopic (exact) mass is 238 g/mol. The van der Waals surface area contributed by atoms with E-state index in [0.29, 0.717) is 10.8 Å². The van der Waals surface area contributed by atoms with Gasteiger partial charge in [0.2, 0.25) is 0 Å². The number of hydrogen-bond acceptors (Lipinski definition) is 2. The average molecular weight is 238 g/mol. The Kier molecular flexibility index (Phi) is 4.14. The van der Waals surface area contributed by atoms with E-state index in [1.807, 2.05) is 0 Å². The summed E-state index contributed by atoms with van der Waals surface area (Å²) in [6.07, 6.45) is 6.87. The van der Waals surface area contributed by atoms with Crippen molar-refractivity contribution in [3.05, 3.63) is 0 Å². The highest BCUT2D eigenvalue weighted by atomic mass is 15.1. The van der Waals surface area contributed by atoms with E-state index in [0.717, 1.165) is 0 Å². The first kappa shape index (κ1) is 13.4. The molecule has 2 fully saturated rings. The third kappa shape index (κ3) is 3.45. The summed E-state index contributed by atoms with van der Waals surface area (Å²) in [6, 6.07) is 0. The molecule has 0 bridgehead atoms. The molecule has 1 N–H and O–H groups in total. The van der Waals surface area contributed by atoms with Gasteiger partial charge in [0.15, 0.2) is 0 Å². The molecule has 2 rings (SSSR count). The highest BCUT2D eigenvalue weighted by molar-refractivity contribution is 4.88. The van der Waals surface area contributed by atoms with Gasteiger partial charge in [-0.1, -0.05) is 20.8 Å². The molecule has 0 aromatic carbocycles. The van der Waals surface area contributed by atoms with Gasteiger partial charge < -0.3 is 10.2 Å². The molecule has 0 aromatic rings. The predicted molar refractivity (Wildman–Crippen MR) is 74.3 cm³/mol. The molecule has 100 valence electrons. The number of hydrogen-bond donors (Lipinski definition) is 1. The summed E-state index contributed by atoms with van der Waals surface area (Å²) in [5.41, 5.74) is 1.21. The highest BCUT2D eigenvalue weighted by Crippen LogP contribution is 2.36. The molecule has 0 saturated carbocycles. The lowest BCUT2D eigenvalue weighted by Gasteiger charge is -2.44. The summed E-state index contributed by atoms with van der Waals surface area (Å²) in [6.45, 7) is 13.7. The fourth-order valence-corrected chi connectivity index (χ4v) is 3.37. The van der Waals surface area contributed by atoms with E-state index in [1.54, 1.807) is 0 Å². The molecule has 17 heavy (non-hydrogen) atoms. The zero-order chi connectivity index (χ0) is 12.4. The van der Waals surface area contributed by atoms with Gasteiger partial charge in [0.05, 0.1) is 0 Å². The molecule has 0 atom stereocenters. The number of piperidine rings is 2. The smallest absolute Gasteiger partial charge is 0.00388 e. The van der Waals surface area contributed by atoms with Gasteiger partial charge in [-0.3, -0.25) is 0 Å². The van der Waals surface area contributed by atoms with Gasteiger partial charge in [-0.15, -0.1) is 0 Å². The third-order valence-electron chi connectivity index (χ3n) is 5.18. The lowest BCUT2D eigenvalue weighted by Crippen LogP contribution is -2.47. The van der Waals surface area contributed by atoms with Crippen LogP contribution in [0.1, 0.15) is 52.9 Å². The first-order valence-corrected chi connectivity index (χ1v) is 7.48. The Morgan fingerprint density at radius 3 is 2.12 bits per heavy atom. The van der Waals surface area contributed by atoms with Crippen molar-refractivity contribution in [3.63, 3.8) is 0 Å². The Morgan fingerprint density at radius 2 is 1.59 bits per heavy atom. The summed E-state index contributed by atoms with van der Waals surface area (Å²) >= 11 is 0. The first-order chi connectivity index (χ1) is 8.05. The predicted octanol–water partition coefficient (Wildman–Crippen LogP) is 2.89. The zero-order valence-electron chi connectivity index (χ0n) is 12.0. The van der Waals surface area contributed by atoms with Crippen molar-refractivity contribution < 1.29 is 0 Å². The van der Waals surface area contributed by atoms with Crippen LogP contribution >= 0.6 is 0 Å². The molecule has 0 spiro atoms. The molecule has 2 aliphatic heterocycles. The van der Waals surface area contributed by atoms with Gasteiger partial charge in [-0.05, 0) is 69.1 Å². The fraction of sp³-hybridized carbons (Fsp3) is 1.00. The van der Waals surface area contributed by atoms with Gasteiger partial charge in [0, 0.05) is 6.54 Å². The fourth-order valence-electron chi connectivity index (χ4n) is 3.37. The molecule has 0 aliphatic carbocycles. The highest BCUT2D eigenvalue weighted by Gasteiger charge is 2.34. The van der Waals surface area contributed by atoms with Crippen LogP contribution in [0.4, 0.5) is 0 Å². The van der Waals surface area contributed by atoms with Crippen LogP contribution in [0, 0.1) is 10.8 Å². The van der Waals surface area contributed by atoms with E-state index in [9.17, 15) is 0 Å². The van der Waals surface area contributed by atoms with Crippen LogP contribution < -0.4 is 5.32 Å². The lowest BCUT2D eigenvalue weighted by molar-refractivity contribution is 0.0615. The van der Waals surface area contributed by atoms with Crippen molar-refractivity contribution in [1.82, 2.24) is 10.2 Å². The number of rotatable bonds is 3. The summed E-state index contributed by atoms with van der Waals surface area (Å²) in [7, 11) is 0. The topological polar surface area (TPSA) is 15.3 Å². The molecule has 0 radical (unpaired) electrons. The van der Waals surface area contributed by atoms with Crippen LogP contribution in [0.5, 0.6) is 0 Å². The van der Waals surface area contributed by atoms with Crippen molar-refractivity contribution in [3.8, 4) is 0 Å². The molecule has 0 unspecified atom stereocenters.